The number of fused-ring (bicyclic) bond motifs is 2. The molecular formula is C31H28N4O5. The van der Waals surface area contributed by atoms with Gasteiger partial charge in [0.2, 0.25) is 5.75 Å². The lowest BCUT2D eigenvalue weighted by molar-refractivity contribution is -0.385. The number of phenols is 1. The van der Waals surface area contributed by atoms with Crippen LogP contribution in [0.2, 0.25) is 0 Å². The summed E-state index contributed by atoms with van der Waals surface area (Å²) in [6, 6.07) is 28.2. The van der Waals surface area contributed by atoms with Crippen LogP contribution in [0.5, 0.6) is 17.2 Å². The highest BCUT2D eigenvalue weighted by Crippen LogP contribution is 2.50. The zero-order valence-corrected chi connectivity index (χ0v) is 21.8. The summed E-state index contributed by atoms with van der Waals surface area (Å²) in [5.74, 6) is 0.674. The smallest absolute Gasteiger partial charge is 0.312 e. The van der Waals surface area contributed by atoms with E-state index in [0.717, 1.165) is 24.2 Å². The van der Waals surface area contributed by atoms with Crippen LogP contribution in [0, 0.1) is 10.1 Å². The molecule has 0 saturated carbocycles. The third kappa shape index (κ3) is 5.25. The number of aromatic nitrogens is 2. The average molecular weight is 537 g/mol. The molecule has 6 rings (SSSR count). The van der Waals surface area contributed by atoms with Crippen LogP contribution in [-0.4, -0.2) is 44.4 Å². The Morgan fingerprint density at radius 1 is 0.950 bits per heavy atom. The van der Waals surface area contributed by atoms with E-state index in [2.05, 4.69) is 29.2 Å². The minimum absolute atomic E-state index is 0.0727. The molecule has 1 aromatic heterocycles. The van der Waals surface area contributed by atoms with E-state index in [-0.39, 0.29) is 17.2 Å². The second kappa shape index (κ2) is 11.2. The van der Waals surface area contributed by atoms with Gasteiger partial charge in [0.05, 0.1) is 35.6 Å². The monoisotopic (exact) mass is 536 g/mol. The standard InChI is InChI=1S/C31H28N4O5/c36-24-11-14-28-25(19-24)30-29-26(12-13-27(35(37)38)31(29)40-28)34(32-30)16-15-33(20-22-7-3-1-4-8-22)17-18-39-21-23-9-5-2-6-10-23/h1-14,19,36H,15-18,20-21H2. The first-order valence-electron chi connectivity index (χ1n) is 13.1. The van der Waals surface area contributed by atoms with E-state index in [1.807, 2.05) is 41.1 Å². The van der Waals surface area contributed by atoms with Crippen molar-refractivity contribution in [3.8, 4) is 28.5 Å². The number of aromatic hydroxyl groups is 1. The van der Waals surface area contributed by atoms with E-state index in [0.29, 0.717) is 48.7 Å². The summed E-state index contributed by atoms with van der Waals surface area (Å²) in [4.78, 5) is 13.6. The fraction of sp³-hybridized carbons (Fsp3) is 0.194. The maximum Gasteiger partial charge on any atom is 0.312 e. The number of benzene rings is 4. The van der Waals surface area contributed by atoms with Crippen molar-refractivity contribution in [2.24, 2.45) is 0 Å². The van der Waals surface area contributed by atoms with E-state index < -0.39 is 4.92 Å². The van der Waals surface area contributed by atoms with E-state index in [1.165, 1.54) is 17.7 Å². The van der Waals surface area contributed by atoms with Crippen LogP contribution in [0.15, 0.2) is 91.0 Å². The lowest BCUT2D eigenvalue weighted by Gasteiger charge is -2.22. The molecule has 0 aliphatic carbocycles. The first kappa shape index (κ1) is 25.5. The van der Waals surface area contributed by atoms with Crippen molar-refractivity contribution < 1.29 is 19.5 Å². The minimum Gasteiger partial charge on any atom is -0.508 e. The van der Waals surface area contributed by atoms with Gasteiger partial charge in [-0.1, -0.05) is 60.7 Å². The highest BCUT2D eigenvalue weighted by Gasteiger charge is 2.31. The van der Waals surface area contributed by atoms with Gasteiger partial charge in [-0.25, -0.2) is 0 Å². The molecular weight excluding hydrogens is 508 g/mol. The van der Waals surface area contributed by atoms with Crippen molar-refractivity contribution in [1.82, 2.24) is 14.7 Å². The quantitative estimate of drug-likeness (QED) is 0.120. The molecule has 9 heteroatoms. The van der Waals surface area contributed by atoms with Crippen molar-refractivity contribution in [2.45, 2.75) is 19.7 Å². The van der Waals surface area contributed by atoms with Gasteiger partial charge in [0.25, 0.3) is 0 Å². The fourth-order valence-corrected chi connectivity index (χ4v) is 5.04. The molecule has 40 heavy (non-hydrogen) atoms. The van der Waals surface area contributed by atoms with Crippen molar-refractivity contribution >= 4 is 16.6 Å². The summed E-state index contributed by atoms with van der Waals surface area (Å²) in [6.45, 7) is 3.83. The van der Waals surface area contributed by atoms with Gasteiger partial charge >= 0.3 is 5.69 Å². The van der Waals surface area contributed by atoms with Gasteiger partial charge in [0.1, 0.15) is 17.2 Å². The van der Waals surface area contributed by atoms with Gasteiger partial charge in [-0.05, 0) is 35.4 Å². The maximum absolute atomic E-state index is 11.8. The zero-order valence-electron chi connectivity index (χ0n) is 21.8. The Morgan fingerprint density at radius 2 is 1.70 bits per heavy atom. The van der Waals surface area contributed by atoms with Crippen LogP contribution in [0.1, 0.15) is 11.1 Å². The summed E-state index contributed by atoms with van der Waals surface area (Å²) in [5.41, 5.74) is 4.12. The average Bonchev–Trinajstić information content (AvgIpc) is 3.35. The Kier molecular flexibility index (Phi) is 7.13. The zero-order chi connectivity index (χ0) is 27.5. The number of ether oxygens (including phenoxy) is 2. The molecule has 0 bridgehead atoms. The molecule has 0 spiro atoms. The van der Waals surface area contributed by atoms with E-state index >= 15 is 0 Å². The molecule has 1 N–H and O–H groups in total. The Labute approximate surface area is 231 Å². The van der Waals surface area contributed by atoms with Gasteiger partial charge in [0.15, 0.2) is 0 Å². The third-order valence-corrected chi connectivity index (χ3v) is 7.02. The van der Waals surface area contributed by atoms with Crippen LogP contribution in [0.3, 0.4) is 0 Å². The molecule has 0 unspecified atom stereocenters. The molecule has 0 saturated heterocycles. The number of phenolic OH excluding ortho intramolecular Hbond substituents is 1. The summed E-state index contributed by atoms with van der Waals surface area (Å²) < 4.78 is 13.8. The number of nitro groups is 1. The van der Waals surface area contributed by atoms with Crippen molar-refractivity contribution in [3.63, 3.8) is 0 Å². The number of hydrogen-bond acceptors (Lipinski definition) is 7. The molecule has 4 aromatic carbocycles. The summed E-state index contributed by atoms with van der Waals surface area (Å²) in [7, 11) is 0. The second-order valence-corrected chi connectivity index (χ2v) is 9.72. The third-order valence-electron chi connectivity index (χ3n) is 7.02. The number of nitrogens with zero attached hydrogens (tertiary/aromatic N) is 4. The summed E-state index contributed by atoms with van der Waals surface area (Å²) in [6.07, 6.45) is 0. The van der Waals surface area contributed by atoms with Gasteiger partial charge in [-0.15, -0.1) is 0 Å². The fourth-order valence-electron chi connectivity index (χ4n) is 5.04. The van der Waals surface area contributed by atoms with Crippen molar-refractivity contribution in [3.05, 3.63) is 112 Å². The Balaban J connectivity index is 1.25. The van der Waals surface area contributed by atoms with E-state index in [4.69, 9.17) is 14.6 Å². The molecule has 9 nitrogen and oxygen atoms in total. The molecule has 0 amide bonds. The molecule has 1 aliphatic heterocycles. The summed E-state index contributed by atoms with van der Waals surface area (Å²) in [5, 5.41) is 27.3. The minimum atomic E-state index is -0.446. The summed E-state index contributed by atoms with van der Waals surface area (Å²) >= 11 is 0. The Hall–Kier alpha value is -4.73. The largest absolute Gasteiger partial charge is 0.508 e. The van der Waals surface area contributed by atoms with Crippen LogP contribution in [-0.2, 0) is 24.4 Å². The highest BCUT2D eigenvalue weighted by molar-refractivity contribution is 6.03. The molecule has 1 aliphatic rings. The van der Waals surface area contributed by atoms with Crippen molar-refractivity contribution in [2.75, 3.05) is 19.7 Å². The van der Waals surface area contributed by atoms with Gasteiger partial charge in [0, 0.05) is 31.3 Å². The van der Waals surface area contributed by atoms with Crippen LogP contribution in [0.4, 0.5) is 5.69 Å². The molecule has 202 valence electrons. The Morgan fingerprint density at radius 3 is 2.45 bits per heavy atom. The lowest BCUT2D eigenvalue weighted by Crippen LogP contribution is -2.30. The number of hydrogen-bond donors (Lipinski definition) is 1. The first-order valence-corrected chi connectivity index (χ1v) is 13.1. The predicted molar refractivity (Wildman–Crippen MR) is 151 cm³/mol. The second-order valence-electron chi connectivity index (χ2n) is 9.72. The van der Waals surface area contributed by atoms with Crippen LogP contribution >= 0.6 is 0 Å². The van der Waals surface area contributed by atoms with Gasteiger partial charge in [-0.2, -0.15) is 5.10 Å². The molecule has 2 heterocycles. The van der Waals surface area contributed by atoms with Crippen LogP contribution < -0.4 is 4.74 Å². The predicted octanol–water partition coefficient (Wildman–Crippen LogP) is 6.14. The number of nitro benzene ring substituents is 1. The van der Waals surface area contributed by atoms with Crippen molar-refractivity contribution in [1.29, 1.82) is 0 Å². The lowest BCUT2D eigenvalue weighted by atomic mass is 10.0. The maximum atomic E-state index is 11.8. The highest BCUT2D eigenvalue weighted by atomic mass is 16.6. The Bertz CT molecular complexity index is 1650. The van der Waals surface area contributed by atoms with E-state index in [1.54, 1.807) is 18.2 Å². The van der Waals surface area contributed by atoms with Crippen LogP contribution in [0.25, 0.3) is 22.2 Å². The normalized spacial score (nSPS) is 11.9. The molecule has 0 fully saturated rings. The van der Waals surface area contributed by atoms with Gasteiger partial charge < -0.3 is 14.6 Å². The molecule has 5 aromatic rings. The topological polar surface area (TPSA) is 103 Å². The molecule has 0 radical (unpaired) electrons. The first-order chi connectivity index (χ1) is 19.6. The van der Waals surface area contributed by atoms with E-state index in [9.17, 15) is 15.2 Å². The molecule has 0 atom stereocenters. The number of rotatable bonds is 11. The van der Waals surface area contributed by atoms with Gasteiger partial charge in [-0.3, -0.25) is 19.7 Å². The SMILES string of the molecule is O=[N+]([O-])c1ccc2c3c(nn2CCN(CCOCc2ccccc2)Cc2ccccc2)-c2cc(O)ccc2Oc13.